The molecule has 1 N–H and O–H groups in total. The van der Waals surface area contributed by atoms with E-state index < -0.39 is 0 Å². The lowest BCUT2D eigenvalue weighted by Gasteiger charge is -2.41. The Balaban J connectivity index is 1.48. The van der Waals surface area contributed by atoms with Gasteiger partial charge in [-0.3, -0.25) is 9.80 Å². The molecule has 0 bridgehead atoms. The standard InChI is InChI=1S/C24H34N2O2/c1-2-28-24-12-10-22(11-13-24)19-25-16-17-26(23(20-25)14-18-27)15-6-9-21-7-4-3-5-8-21/h3-5,7-8,10-13,23,27H,2,6,9,14-20H2,1H3/t23-/m0/s1. The third-order valence-corrected chi connectivity index (χ3v) is 5.55. The summed E-state index contributed by atoms with van der Waals surface area (Å²) in [6.07, 6.45) is 3.15. The van der Waals surface area contributed by atoms with Crippen LogP contribution < -0.4 is 4.74 Å². The maximum Gasteiger partial charge on any atom is 0.119 e. The fraction of sp³-hybridized carbons (Fsp3) is 0.500. The van der Waals surface area contributed by atoms with Gasteiger partial charge in [-0.05, 0) is 56.0 Å². The van der Waals surface area contributed by atoms with E-state index >= 15 is 0 Å². The SMILES string of the molecule is CCOc1ccc(CN2CCN(CCCc3ccccc3)[C@@H](CCO)C2)cc1. The summed E-state index contributed by atoms with van der Waals surface area (Å²) in [5.41, 5.74) is 2.74. The Hall–Kier alpha value is -1.88. The average molecular weight is 383 g/mol. The fourth-order valence-corrected chi connectivity index (χ4v) is 4.07. The van der Waals surface area contributed by atoms with Crippen molar-refractivity contribution in [2.24, 2.45) is 0 Å². The van der Waals surface area contributed by atoms with Crippen LogP contribution in [0.1, 0.15) is 30.9 Å². The zero-order chi connectivity index (χ0) is 19.6. The minimum Gasteiger partial charge on any atom is -0.494 e. The molecule has 1 heterocycles. The Morgan fingerprint density at radius 3 is 2.50 bits per heavy atom. The van der Waals surface area contributed by atoms with Gasteiger partial charge in [0.2, 0.25) is 0 Å². The van der Waals surface area contributed by atoms with Crippen molar-refractivity contribution < 1.29 is 9.84 Å². The lowest BCUT2D eigenvalue weighted by molar-refractivity contribution is 0.0547. The van der Waals surface area contributed by atoms with E-state index in [1.807, 2.05) is 6.92 Å². The van der Waals surface area contributed by atoms with Crippen LogP contribution in [-0.4, -0.2) is 60.3 Å². The molecule has 4 heteroatoms. The summed E-state index contributed by atoms with van der Waals surface area (Å²) in [5, 5.41) is 9.54. The van der Waals surface area contributed by atoms with Crippen LogP contribution >= 0.6 is 0 Å². The predicted molar refractivity (Wildman–Crippen MR) is 115 cm³/mol. The molecule has 1 aliphatic rings. The number of aliphatic hydroxyl groups is 1. The number of nitrogens with zero attached hydrogens (tertiary/aromatic N) is 2. The summed E-state index contributed by atoms with van der Waals surface area (Å²) < 4.78 is 5.54. The summed E-state index contributed by atoms with van der Waals surface area (Å²) in [6, 6.07) is 19.6. The van der Waals surface area contributed by atoms with E-state index in [1.54, 1.807) is 0 Å². The second-order valence-electron chi connectivity index (χ2n) is 7.60. The van der Waals surface area contributed by atoms with E-state index in [4.69, 9.17) is 4.74 Å². The first-order valence-electron chi connectivity index (χ1n) is 10.6. The highest BCUT2D eigenvalue weighted by Crippen LogP contribution is 2.18. The van der Waals surface area contributed by atoms with E-state index in [-0.39, 0.29) is 6.61 Å². The summed E-state index contributed by atoms with van der Waals surface area (Å²) in [7, 11) is 0. The molecule has 3 rings (SSSR count). The van der Waals surface area contributed by atoms with E-state index in [0.717, 1.165) is 51.3 Å². The Labute approximate surface area is 169 Å². The second-order valence-corrected chi connectivity index (χ2v) is 7.60. The van der Waals surface area contributed by atoms with Gasteiger partial charge in [0, 0.05) is 38.8 Å². The quantitative estimate of drug-likeness (QED) is 0.681. The maximum atomic E-state index is 9.54. The molecule has 0 spiro atoms. The van der Waals surface area contributed by atoms with E-state index in [9.17, 15) is 5.11 Å². The molecule has 2 aromatic carbocycles. The number of hydrogen-bond donors (Lipinski definition) is 1. The molecule has 0 aromatic heterocycles. The number of hydrogen-bond acceptors (Lipinski definition) is 4. The first-order valence-corrected chi connectivity index (χ1v) is 10.6. The Kier molecular flexibility index (Phi) is 8.34. The van der Waals surface area contributed by atoms with Gasteiger partial charge >= 0.3 is 0 Å². The molecular weight excluding hydrogens is 348 g/mol. The van der Waals surface area contributed by atoms with Crippen molar-refractivity contribution >= 4 is 0 Å². The van der Waals surface area contributed by atoms with Crippen molar-refractivity contribution in [3.63, 3.8) is 0 Å². The fourth-order valence-electron chi connectivity index (χ4n) is 4.07. The zero-order valence-corrected chi connectivity index (χ0v) is 17.1. The van der Waals surface area contributed by atoms with E-state index in [1.165, 1.54) is 17.5 Å². The van der Waals surface area contributed by atoms with Crippen molar-refractivity contribution in [3.05, 3.63) is 65.7 Å². The number of aliphatic hydroxyl groups excluding tert-OH is 1. The highest BCUT2D eigenvalue weighted by Gasteiger charge is 2.26. The molecule has 4 nitrogen and oxygen atoms in total. The van der Waals surface area contributed by atoms with Crippen LogP contribution in [0.15, 0.2) is 54.6 Å². The van der Waals surface area contributed by atoms with E-state index in [0.29, 0.717) is 12.6 Å². The Bertz CT molecular complexity index is 675. The molecule has 152 valence electrons. The molecule has 1 fully saturated rings. The van der Waals surface area contributed by atoms with Crippen LogP contribution in [0.2, 0.25) is 0 Å². The minimum absolute atomic E-state index is 0.261. The first kappa shape index (κ1) is 20.8. The molecule has 0 saturated carbocycles. The molecule has 1 aliphatic heterocycles. The number of piperazine rings is 1. The monoisotopic (exact) mass is 382 g/mol. The normalized spacial score (nSPS) is 18.3. The van der Waals surface area contributed by atoms with Crippen molar-refractivity contribution in [2.45, 2.75) is 38.8 Å². The van der Waals surface area contributed by atoms with Gasteiger partial charge in [-0.1, -0.05) is 42.5 Å². The molecule has 2 aromatic rings. The van der Waals surface area contributed by atoms with Crippen molar-refractivity contribution in [2.75, 3.05) is 39.4 Å². The van der Waals surface area contributed by atoms with Crippen molar-refractivity contribution in [1.29, 1.82) is 0 Å². The van der Waals surface area contributed by atoms with Gasteiger partial charge in [0.15, 0.2) is 0 Å². The van der Waals surface area contributed by atoms with Gasteiger partial charge in [-0.25, -0.2) is 0 Å². The van der Waals surface area contributed by atoms with Gasteiger partial charge in [-0.2, -0.15) is 0 Å². The van der Waals surface area contributed by atoms with Gasteiger partial charge in [0.25, 0.3) is 0 Å². The number of aryl methyl sites for hydroxylation is 1. The second kappa shape index (κ2) is 11.2. The Morgan fingerprint density at radius 2 is 1.79 bits per heavy atom. The van der Waals surface area contributed by atoms with Gasteiger partial charge < -0.3 is 9.84 Å². The highest BCUT2D eigenvalue weighted by molar-refractivity contribution is 5.27. The summed E-state index contributed by atoms with van der Waals surface area (Å²) >= 11 is 0. The lowest BCUT2D eigenvalue weighted by atomic mass is 10.1. The Morgan fingerprint density at radius 1 is 1.00 bits per heavy atom. The molecule has 1 atom stereocenters. The molecule has 1 saturated heterocycles. The van der Waals surface area contributed by atoms with Crippen LogP contribution in [0.25, 0.3) is 0 Å². The zero-order valence-electron chi connectivity index (χ0n) is 17.1. The molecule has 0 radical (unpaired) electrons. The average Bonchev–Trinajstić information content (AvgIpc) is 2.72. The minimum atomic E-state index is 0.261. The first-order chi connectivity index (χ1) is 13.8. The van der Waals surface area contributed by atoms with Crippen LogP contribution in [0.4, 0.5) is 0 Å². The van der Waals surface area contributed by atoms with Crippen molar-refractivity contribution in [3.8, 4) is 5.75 Å². The third-order valence-electron chi connectivity index (χ3n) is 5.55. The van der Waals surface area contributed by atoms with Crippen LogP contribution in [-0.2, 0) is 13.0 Å². The molecular formula is C24H34N2O2. The van der Waals surface area contributed by atoms with Gasteiger partial charge in [-0.15, -0.1) is 0 Å². The number of ether oxygens (including phenoxy) is 1. The molecule has 0 amide bonds. The van der Waals surface area contributed by atoms with Crippen LogP contribution in [0, 0.1) is 0 Å². The molecule has 0 aliphatic carbocycles. The molecule has 0 unspecified atom stereocenters. The summed E-state index contributed by atoms with van der Waals surface area (Å²) in [5.74, 6) is 0.938. The van der Waals surface area contributed by atoms with Crippen molar-refractivity contribution in [1.82, 2.24) is 9.80 Å². The lowest BCUT2D eigenvalue weighted by Crippen LogP contribution is -2.53. The smallest absolute Gasteiger partial charge is 0.119 e. The summed E-state index contributed by atoms with van der Waals surface area (Å²) in [6.45, 7) is 8.23. The third kappa shape index (κ3) is 6.33. The van der Waals surface area contributed by atoms with E-state index in [2.05, 4.69) is 64.4 Å². The number of benzene rings is 2. The maximum absolute atomic E-state index is 9.54. The highest BCUT2D eigenvalue weighted by atomic mass is 16.5. The van der Waals surface area contributed by atoms with Gasteiger partial charge in [0.1, 0.15) is 5.75 Å². The predicted octanol–water partition coefficient (Wildman–Crippen LogP) is 3.59. The topological polar surface area (TPSA) is 35.9 Å². The van der Waals surface area contributed by atoms with Crippen LogP contribution in [0.3, 0.4) is 0 Å². The van der Waals surface area contributed by atoms with Gasteiger partial charge in [0.05, 0.1) is 6.61 Å². The number of rotatable bonds is 10. The largest absolute Gasteiger partial charge is 0.494 e. The summed E-state index contributed by atoms with van der Waals surface area (Å²) in [4.78, 5) is 5.09. The van der Waals surface area contributed by atoms with Crippen LogP contribution in [0.5, 0.6) is 5.75 Å². The molecule has 28 heavy (non-hydrogen) atoms.